The zero-order valence-electron chi connectivity index (χ0n) is 5.43. The van der Waals surface area contributed by atoms with Gasteiger partial charge in [0.25, 0.3) is 5.91 Å². The maximum Gasteiger partial charge on any atom is 0.251 e. The summed E-state index contributed by atoms with van der Waals surface area (Å²) in [5.41, 5.74) is 4.53. The fraction of sp³-hybridized carbons (Fsp3) is 0. The molecule has 2 nitrogen and oxygen atoms in total. The van der Waals surface area contributed by atoms with Gasteiger partial charge in [-0.05, 0) is 6.08 Å². The number of allylic oxidation sites excluding steroid dienone is 2. The van der Waals surface area contributed by atoms with E-state index in [2.05, 4.69) is 13.2 Å². The maximum absolute atomic E-state index is 12.4. The third kappa shape index (κ3) is 1.85. The van der Waals surface area contributed by atoms with Crippen LogP contribution >= 0.6 is 0 Å². The van der Waals surface area contributed by atoms with E-state index in [1.54, 1.807) is 0 Å². The summed E-state index contributed by atoms with van der Waals surface area (Å²) in [6, 6.07) is 0. The molecule has 0 unspecified atom stereocenters. The van der Waals surface area contributed by atoms with Gasteiger partial charge >= 0.3 is 0 Å². The summed E-state index contributed by atoms with van der Waals surface area (Å²) in [6.45, 7) is 6.33. The second kappa shape index (κ2) is 3.61. The van der Waals surface area contributed by atoms with Crippen molar-refractivity contribution in [1.82, 2.24) is 0 Å². The van der Waals surface area contributed by atoms with Crippen LogP contribution in [0.15, 0.2) is 36.7 Å². The Balaban J connectivity index is 4.79. The summed E-state index contributed by atoms with van der Waals surface area (Å²) in [5.74, 6) is -1.59. The van der Waals surface area contributed by atoms with Gasteiger partial charge in [-0.15, -0.1) is 0 Å². The van der Waals surface area contributed by atoms with Crippen LogP contribution in [0.4, 0.5) is 4.39 Å². The first-order valence-corrected chi connectivity index (χ1v) is 2.58. The van der Waals surface area contributed by atoms with Crippen LogP contribution in [0.25, 0.3) is 0 Å². The topological polar surface area (TPSA) is 43.1 Å². The summed E-state index contributed by atoms with van der Waals surface area (Å²) in [4.78, 5) is 10.3. The second-order valence-electron chi connectivity index (χ2n) is 1.53. The molecular formula is C7H8FNO. The number of rotatable bonds is 3. The average Bonchev–Trinajstić information content (AvgIpc) is 1.88. The molecule has 0 aromatic carbocycles. The average molecular weight is 141 g/mol. The molecule has 3 heteroatoms. The maximum atomic E-state index is 12.4. The van der Waals surface area contributed by atoms with Crippen LogP contribution in [0.3, 0.4) is 0 Å². The summed E-state index contributed by atoms with van der Waals surface area (Å²) in [6.07, 6.45) is 1.96. The van der Waals surface area contributed by atoms with Crippen molar-refractivity contribution in [2.24, 2.45) is 5.73 Å². The molecule has 0 rings (SSSR count). The van der Waals surface area contributed by atoms with Crippen LogP contribution in [0.2, 0.25) is 0 Å². The summed E-state index contributed by atoms with van der Waals surface area (Å²) in [5, 5.41) is 0. The molecule has 0 aromatic rings. The fourth-order valence-electron chi connectivity index (χ4n) is 0.426. The minimum atomic E-state index is -0.840. The minimum Gasteiger partial charge on any atom is -0.366 e. The highest BCUT2D eigenvalue weighted by atomic mass is 19.1. The molecule has 0 radical (unpaired) electrons. The molecule has 1 amide bonds. The number of primary amides is 1. The molecule has 0 heterocycles. The van der Waals surface area contributed by atoms with E-state index in [0.29, 0.717) is 0 Å². The Morgan fingerprint density at radius 2 is 1.90 bits per heavy atom. The second-order valence-corrected chi connectivity index (χ2v) is 1.53. The van der Waals surface area contributed by atoms with Crippen LogP contribution in [0.5, 0.6) is 0 Å². The number of hydrogen-bond acceptors (Lipinski definition) is 1. The third-order valence-corrected chi connectivity index (χ3v) is 0.906. The third-order valence-electron chi connectivity index (χ3n) is 0.906. The van der Waals surface area contributed by atoms with Gasteiger partial charge in [-0.1, -0.05) is 19.2 Å². The molecular weight excluding hydrogens is 133 g/mol. The fourth-order valence-corrected chi connectivity index (χ4v) is 0.426. The molecule has 0 fully saturated rings. The molecule has 2 N–H and O–H groups in total. The number of hydrogen-bond donors (Lipinski definition) is 1. The van der Waals surface area contributed by atoms with Gasteiger partial charge < -0.3 is 5.73 Å². The van der Waals surface area contributed by atoms with Crippen molar-refractivity contribution in [3.8, 4) is 0 Å². The SMILES string of the molecule is C=C/C(F)=C(\C=C)C(N)=O. The molecule has 0 bridgehead atoms. The van der Waals surface area contributed by atoms with Crippen LogP contribution in [-0.4, -0.2) is 5.91 Å². The molecule has 54 valence electrons. The number of halogens is 1. The van der Waals surface area contributed by atoms with Crippen LogP contribution in [0.1, 0.15) is 0 Å². The van der Waals surface area contributed by atoms with Gasteiger partial charge in [0.15, 0.2) is 0 Å². The van der Waals surface area contributed by atoms with Crippen molar-refractivity contribution in [1.29, 1.82) is 0 Å². The van der Waals surface area contributed by atoms with Gasteiger partial charge in [0.2, 0.25) is 0 Å². The highest BCUT2D eigenvalue weighted by Gasteiger charge is 2.04. The zero-order chi connectivity index (χ0) is 8.15. The van der Waals surface area contributed by atoms with E-state index < -0.39 is 11.7 Å². The van der Waals surface area contributed by atoms with Crippen LogP contribution < -0.4 is 5.73 Å². The number of carbonyl (C=O) groups is 1. The Morgan fingerprint density at radius 1 is 1.40 bits per heavy atom. The zero-order valence-corrected chi connectivity index (χ0v) is 5.43. The van der Waals surface area contributed by atoms with Crippen molar-refractivity contribution in [3.05, 3.63) is 36.7 Å². The lowest BCUT2D eigenvalue weighted by molar-refractivity contribution is -0.114. The van der Waals surface area contributed by atoms with Crippen LogP contribution in [0, 0.1) is 0 Å². The predicted octanol–water partition coefficient (Wildman–Crippen LogP) is 1.07. The Morgan fingerprint density at radius 3 is 2.00 bits per heavy atom. The number of amides is 1. The van der Waals surface area contributed by atoms with Gasteiger partial charge in [0.1, 0.15) is 5.83 Å². The number of carbonyl (C=O) groups excluding carboxylic acids is 1. The van der Waals surface area contributed by atoms with E-state index in [9.17, 15) is 9.18 Å². The summed E-state index contributed by atoms with van der Waals surface area (Å²) in [7, 11) is 0. The molecule has 0 aliphatic rings. The Hall–Kier alpha value is -1.38. The molecule has 0 aromatic heterocycles. The Bertz CT molecular complexity index is 206. The highest BCUT2D eigenvalue weighted by Crippen LogP contribution is 2.06. The first-order chi connectivity index (χ1) is 4.63. The normalized spacial score (nSPS) is 11.7. The monoisotopic (exact) mass is 141 g/mol. The largest absolute Gasteiger partial charge is 0.366 e. The molecule has 0 saturated carbocycles. The van der Waals surface area contributed by atoms with Gasteiger partial charge in [0.05, 0.1) is 5.57 Å². The lowest BCUT2D eigenvalue weighted by Crippen LogP contribution is -2.13. The van der Waals surface area contributed by atoms with Crippen molar-refractivity contribution in [2.45, 2.75) is 0 Å². The van der Waals surface area contributed by atoms with Crippen molar-refractivity contribution >= 4 is 5.91 Å². The van der Waals surface area contributed by atoms with E-state index in [1.807, 2.05) is 0 Å². The smallest absolute Gasteiger partial charge is 0.251 e. The van der Waals surface area contributed by atoms with Gasteiger partial charge in [-0.2, -0.15) is 0 Å². The molecule has 0 spiro atoms. The van der Waals surface area contributed by atoms with Gasteiger partial charge in [0, 0.05) is 0 Å². The van der Waals surface area contributed by atoms with Gasteiger partial charge in [-0.3, -0.25) is 4.79 Å². The van der Waals surface area contributed by atoms with E-state index in [4.69, 9.17) is 5.73 Å². The van der Waals surface area contributed by atoms with Crippen molar-refractivity contribution < 1.29 is 9.18 Å². The van der Waals surface area contributed by atoms with Crippen molar-refractivity contribution in [2.75, 3.05) is 0 Å². The molecule has 0 aliphatic heterocycles. The van der Waals surface area contributed by atoms with Crippen molar-refractivity contribution in [3.63, 3.8) is 0 Å². The molecule has 0 saturated heterocycles. The van der Waals surface area contributed by atoms with E-state index in [1.165, 1.54) is 0 Å². The van der Waals surface area contributed by atoms with E-state index in [0.717, 1.165) is 12.2 Å². The molecule has 0 aliphatic carbocycles. The summed E-state index contributed by atoms with van der Waals surface area (Å²) >= 11 is 0. The first-order valence-electron chi connectivity index (χ1n) is 2.58. The minimum absolute atomic E-state index is 0.241. The Kier molecular flexibility index (Phi) is 3.11. The first kappa shape index (κ1) is 8.62. The molecule has 10 heavy (non-hydrogen) atoms. The van der Waals surface area contributed by atoms with Gasteiger partial charge in [-0.25, -0.2) is 4.39 Å². The predicted molar refractivity (Wildman–Crippen MR) is 37.7 cm³/mol. The standard InChI is InChI=1S/C7H8FNO/c1-3-5(7(9)10)6(8)4-2/h3-4H,1-2H2,(H2,9,10)/b6-5-. The summed E-state index contributed by atoms with van der Waals surface area (Å²) < 4.78 is 12.4. The quantitative estimate of drug-likeness (QED) is 0.463. The molecule has 0 atom stereocenters. The van der Waals surface area contributed by atoms with Crippen LogP contribution in [-0.2, 0) is 4.79 Å². The van der Waals surface area contributed by atoms with E-state index >= 15 is 0 Å². The lowest BCUT2D eigenvalue weighted by atomic mass is 10.2. The van der Waals surface area contributed by atoms with E-state index in [-0.39, 0.29) is 5.57 Å². The lowest BCUT2D eigenvalue weighted by Gasteiger charge is -1.93. The highest BCUT2D eigenvalue weighted by molar-refractivity contribution is 5.95. The number of nitrogens with two attached hydrogens (primary N) is 1. The Labute approximate surface area is 58.5 Å².